The van der Waals surface area contributed by atoms with E-state index in [2.05, 4.69) is 20.3 Å². The first kappa shape index (κ1) is 15.4. The Morgan fingerprint density at radius 3 is 2.83 bits per heavy atom. The fourth-order valence-electron chi connectivity index (χ4n) is 2.33. The molecule has 7 heteroatoms. The van der Waals surface area contributed by atoms with Crippen LogP contribution in [0, 0.1) is 5.92 Å². The van der Waals surface area contributed by atoms with E-state index in [0.717, 1.165) is 11.2 Å². The minimum absolute atomic E-state index is 0.393. The van der Waals surface area contributed by atoms with Gasteiger partial charge < -0.3 is 10.1 Å². The van der Waals surface area contributed by atoms with Crippen molar-refractivity contribution in [3.63, 3.8) is 0 Å². The summed E-state index contributed by atoms with van der Waals surface area (Å²) in [5, 5.41) is 4.22. The number of nitrogens with one attached hydrogen (secondary N) is 1. The standard InChI is InChI=1S/C17H14Cl2N4O/c18-12-4-3-11(7-14(12)24-8-10-1-2-10)22-17-16-13(20-9-21-17)5-6-15(19)23-16/h3-7,9-10H,1-2,8H2,(H,20,21,22). The van der Waals surface area contributed by atoms with Crippen LogP contribution in [-0.2, 0) is 0 Å². The molecule has 1 aromatic carbocycles. The van der Waals surface area contributed by atoms with Gasteiger partial charge in [0.05, 0.1) is 17.1 Å². The molecular formula is C17H14Cl2N4O. The van der Waals surface area contributed by atoms with Gasteiger partial charge in [-0.05, 0) is 43.0 Å². The number of anilines is 2. The molecular weight excluding hydrogens is 347 g/mol. The van der Waals surface area contributed by atoms with Gasteiger partial charge in [-0.25, -0.2) is 15.0 Å². The Morgan fingerprint density at radius 1 is 1.12 bits per heavy atom. The van der Waals surface area contributed by atoms with Gasteiger partial charge in [-0.1, -0.05) is 23.2 Å². The van der Waals surface area contributed by atoms with Crippen molar-refractivity contribution in [1.29, 1.82) is 0 Å². The summed E-state index contributed by atoms with van der Waals surface area (Å²) >= 11 is 12.2. The minimum Gasteiger partial charge on any atom is -0.492 e. The van der Waals surface area contributed by atoms with Gasteiger partial charge >= 0.3 is 0 Å². The summed E-state index contributed by atoms with van der Waals surface area (Å²) in [6.45, 7) is 0.705. The van der Waals surface area contributed by atoms with Crippen LogP contribution in [0.5, 0.6) is 5.75 Å². The van der Waals surface area contributed by atoms with E-state index in [9.17, 15) is 0 Å². The molecule has 0 radical (unpaired) electrons. The van der Waals surface area contributed by atoms with Crippen LogP contribution in [0.2, 0.25) is 10.2 Å². The number of hydrogen-bond acceptors (Lipinski definition) is 5. The molecule has 2 heterocycles. The van der Waals surface area contributed by atoms with Gasteiger partial charge in [0.2, 0.25) is 0 Å². The number of halogens is 2. The molecule has 2 aromatic heterocycles. The van der Waals surface area contributed by atoms with E-state index in [1.54, 1.807) is 12.1 Å². The van der Waals surface area contributed by atoms with Crippen LogP contribution in [0.4, 0.5) is 11.5 Å². The Balaban J connectivity index is 1.62. The normalized spacial score (nSPS) is 13.9. The van der Waals surface area contributed by atoms with E-state index in [1.807, 2.05) is 18.2 Å². The summed E-state index contributed by atoms with van der Waals surface area (Å²) in [5.74, 6) is 1.91. The predicted molar refractivity (Wildman–Crippen MR) is 95.3 cm³/mol. The quantitative estimate of drug-likeness (QED) is 0.658. The molecule has 1 aliphatic rings. The number of ether oxygens (including phenoxy) is 1. The van der Waals surface area contributed by atoms with E-state index in [-0.39, 0.29) is 0 Å². The Bertz CT molecular complexity index is 899. The van der Waals surface area contributed by atoms with Crippen molar-refractivity contribution in [1.82, 2.24) is 15.0 Å². The summed E-state index contributed by atoms with van der Waals surface area (Å²) in [5.41, 5.74) is 2.14. The van der Waals surface area contributed by atoms with Gasteiger partial charge in [0.1, 0.15) is 22.7 Å². The first-order valence-electron chi connectivity index (χ1n) is 7.66. The van der Waals surface area contributed by atoms with Gasteiger partial charge in [-0.2, -0.15) is 0 Å². The molecule has 3 aromatic rings. The van der Waals surface area contributed by atoms with Crippen molar-refractivity contribution in [2.75, 3.05) is 11.9 Å². The second kappa shape index (κ2) is 6.42. The van der Waals surface area contributed by atoms with Crippen molar-refractivity contribution in [2.45, 2.75) is 12.8 Å². The number of hydrogen-bond donors (Lipinski definition) is 1. The average molecular weight is 361 g/mol. The summed E-state index contributed by atoms with van der Waals surface area (Å²) < 4.78 is 5.80. The van der Waals surface area contributed by atoms with Gasteiger partial charge in [-0.3, -0.25) is 0 Å². The van der Waals surface area contributed by atoms with Gasteiger partial charge in [0.25, 0.3) is 0 Å². The molecule has 0 saturated heterocycles. The number of pyridine rings is 1. The lowest BCUT2D eigenvalue weighted by Gasteiger charge is -2.11. The molecule has 24 heavy (non-hydrogen) atoms. The maximum absolute atomic E-state index is 6.21. The number of nitrogens with zero attached hydrogens (tertiary/aromatic N) is 3. The Labute approximate surface area is 149 Å². The summed E-state index contributed by atoms with van der Waals surface area (Å²) in [6, 6.07) is 9.04. The maximum atomic E-state index is 6.21. The van der Waals surface area contributed by atoms with E-state index >= 15 is 0 Å². The van der Waals surface area contributed by atoms with Crippen molar-refractivity contribution >= 4 is 45.7 Å². The first-order valence-corrected chi connectivity index (χ1v) is 8.41. The van der Waals surface area contributed by atoms with Crippen molar-refractivity contribution < 1.29 is 4.74 Å². The van der Waals surface area contributed by atoms with E-state index in [1.165, 1.54) is 19.2 Å². The highest BCUT2D eigenvalue weighted by atomic mass is 35.5. The second-order valence-electron chi connectivity index (χ2n) is 5.75. The number of benzene rings is 1. The Hall–Kier alpha value is -2.11. The number of rotatable bonds is 5. The molecule has 0 spiro atoms. The van der Waals surface area contributed by atoms with Crippen molar-refractivity contribution in [3.05, 3.63) is 46.8 Å². The van der Waals surface area contributed by atoms with Crippen LogP contribution in [0.25, 0.3) is 11.0 Å². The highest BCUT2D eigenvalue weighted by Gasteiger charge is 2.22. The number of aromatic nitrogens is 3. The van der Waals surface area contributed by atoms with E-state index in [4.69, 9.17) is 27.9 Å². The molecule has 1 fully saturated rings. The zero-order valence-corrected chi connectivity index (χ0v) is 14.2. The molecule has 5 nitrogen and oxygen atoms in total. The van der Waals surface area contributed by atoms with Crippen LogP contribution in [0.1, 0.15) is 12.8 Å². The molecule has 122 valence electrons. The minimum atomic E-state index is 0.393. The molecule has 0 amide bonds. The lowest BCUT2D eigenvalue weighted by atomic mass is 10.3. The SMILES string of the molecule is Clc1ccc2ncnc(Nc3ccc(Cl)c(OCC4CC4)c3)c2n1. The molecule has 0 aliphatic heterocycles. The lowest BCUT2D eigenvalue weighted by molar-refractivity contribution is 0.300. The van der Waals surface area contributed by atoms with Crippen LogP contribution in [0.3, 0.4) is 0 Å². The van der Waals surface area contributed by atoms with Crippen LogP contribution >= 0.6 is 23.2 Å². The monoisotopic (exact) mass is 360 g/mol. The third kappa shape index (κ3) is 3.37. The Morgan fingerprint density at radius 2 is 2.00 bits per heavy atom. The second-order valence-corrected chi connectivity index (χ2v) is 6.54. The summed E-state index contributed by atoms with van der Waals surface area (Å²) in [7, 11) is 0. The smallest absolute Gasteiger partial charge is 0.160 e. The van der Waals surface area contributed by atoms with E-state index < -0.39 is 0 Å². The van der Waals surface area contributed by atoms with E-state index in [0.29, 0.717) is 39.8 Å². The highest BCUT2D eigenvalue weighted by Crippen LogP contribution is 2.34. The Kier molecular flexibility index (Phi) is 4.12. The first-order chi connectivity index (χ1) is 11.7. The van der Waals surface area contributed by atoms with Gasteiger partial charge in [-0.15, -0.1) is 0 Å². The number of fused-ring (bicyclic) bond motifs is 1. The zero-order valence-electron chi connectivity index (χ0n) is 12.7. The molecule has 1 aliphatic carbocycles. The summed E-state index contributed by atoms with van der Waals surface area (Å²) in [6.07, 6.45) is 3.95. The molecule has 0 unspecified atom stereocenters. The zero-order chi connectivity index (χ0) is 16.5. The molecule has 1 N–H and O–H groups in total. The summed E-state index contributed by atoms with van der Waals surface area (Å²) in [4.78, 5) is 12.8. The van der Waals surface area contributed by atoms with Gasteiger partial charge in [0, 0.05) is 11.8 Å². The average Bonchev–Trinajstić information content (AvgIpc) is 3.40. The van der Waals surface area contributed by atoms with Crippen LogP contribution in [0.15, 0.2) is 36.7 Å². The third-order valence-electron chi connectivity index (χ3n) is 3.81. The predicted octanol–water partition coefficient (Wildman–Crippen LogP) is 4.86. The van der Waals surface area contributed by atoms with Crippen LogP contribution < -0.4 is 10.1 Å². The topological polar surface area (TPSA) is 59.9 Å². The lowest BCUT2D eigenvalue weighted by Crippen LogP contribution is -2.01. The maximum Gasteiger partial charge on any atom is 0.160 e. The molecule has 0 atom stereocenters. The fraction of sp³-hybridized carbons (Fsp3) is 0.235. The fourth-order valence-corrected chi connectivity index (χ4v) is 2.65. The van der Waals surface area contributed by atoms with Gasteiger partial charge in [0.15, 0.2) is 5.82 Å². The molecule has 0 bridgehead atoms. The van der Waals surface area contributed by atoms with Crippen molar-refractivity contribution in [2.24, 2.45) is 5.92 Å². The third-order valence-corrected chi connectivity index (χ3v) is 4.34. The molecule has 4 rings (SSSR count). The molecule has 1 saturated carbocycles. The van der Waals surface area contributed by atoms with Crippen LogP contribution in [-0.4, -0.2) is 21.6 Å². The largest absolute Gasteiger partial charge is 0.492 e. The van der Waals surface area contributed by atoms with Crippen molar-refractivity contribution in [3.8, 4) is 5.75 Å². The highest BCUT2D eigenvalue weighted by molar-refractivity contribution is 6.32.